The Bertz CT molecular complexity index is 554. The number of nitrogens with one attached hydrogen (secondary N) is 1. The van der Waals surface area contributed by atoms with Crippen molar-refractivity contribution in [1.82, 2.24) is 0 Å². The SMILES string of the molecule is O=C(Nc1ccc(O)cc1)C(CS)Cc1ccccc1. The van der Waals surface area contributed by atoms with Crippen LogP contribution in [0, 0.1) is 5.92 Å². The Hall–Kier alpha value is -1.94. The van der Waals surface area contributed by atoms with Crippen molar-refractivity contribution < 1.29 is 9.90 Å². The fourth-order valence-corrected chi connectivity index (χ4v) is 2.22. The zero-order chi connectivity index (χ0) is 14.4. The van der Waals surface area contributed by atoms with E-state index in [-0.39, 0.29) is 17.6 Å². The van der Waals surface area contributed by atoms with E-state index in [9.17, 15) is 9.90 Å². The third-order valence-corrected chi connectivity index (χ3v) is 3.49. The van der Waals surface area contributed by atoms with Crippen molar-refractivity contribution in [2.75, 3.05) is 11.1 Å². The summed E-state index contributed by atoms with van der Waals surface area (Å²) >= 11 is 4.27. The van der Waals surface area contributed by atoms with Gasteiger partial charge in [0.15, 0.2) is 0 Å². The Balaban J connectivity index is 2.00. The van der Waals surface area contributed by atoms with Gasteiger partial charge in [0.25, 0.3) is 0 Å². The smallest absolute Gasteiger partial charge is 0.228 e. The molecule has 2 rings (SSSR count). The Morgan fingerprint density at radius 1 is 1.10 bits per heavy atom. The second kappa shape index (κ2) is 7.01. The number of aromatic hydroxyl groups is 1. The minimum absolute atomic E-state index is 0.0606. The van der Waals surface area contributed by atoms with E-state index in [1.54, 1.807) is 24.3 Å². The van der Waals surface area contributed by atoms with Crippen LogP contribution in [-0.2, 0) is 11.2 Å². The first-order chi connectivity index (χ1) is 9.69. The minimum Gasteiger partial charge on any atom is -0.508 e. The summed E-state index contributed by atoms with van der Waals surface area (Å²) in [5.41, 5.74) is 1.79. The molecule has 0 saturated heterocycles. The number of carbonyl (C=O) groups is 1. The summed E-state index contributed by atoms with van der Waals surface area (Å²) in [7, 11) is 0. The maximum Gasteiger partial charge on any atom is 0.228 e. The molecule has 0 spiro atoms. The van der Waals surface area contributed by atoms with Crippen LogP contribution in [0.4, 0.5) is 5.69 Å². The van der Waals surface area contributed by atoms with Gasteiger partial charge in [0.1, 0.15) is 5.75 Å². The number of thiol groups is 1. The molecule has 0 saturated carbocycles. The van der Waals surface area contributed by atoms with Crippen LogP contribution in [-0.4, -0.2) is 16.8 Å². The predicted octanol–water partition coefficient (Wildman–Crippen LogP) is 3.12. The fraction of sp³-hybridized carbons (Fsp3) is 0.188. The highest BCUT2D eigenvalue weighted by atomic mass is 32.1. The van der Waals surface area contributed by atoms with E-state index in [1.165, 1.54) is 0 Å². The summed E-state index contributed by atoms with van der Waals surface area (Å²) in [6.07, 6.45) is 0.661. The number of rotatable bonds is 5. The molecule has 0 aliphatic carbocycles. The van der Waals surface area contributed by atoms with Gasteiger partial charge in [-0.2, -0.15) is 12.6 Å². The van der Waals surface area contributed by atoms with Crippen molar-refractivity contribution in [3.63, 3.8) is 0 Å². The molecule has 0 aliphatic heterocycles. The minimum atomic E-state index is -0.186. The standard InChI is InChI=1S/C16H17NO2S/c18-15-8-6-14(7-9-15)17-16(19)13(11-20)10-12-4-2-1-3-5-12/h1-9,13,18,20H,10-11H2,(H,17,19). The van der Waals surface area contributed by atoms with E-state index in [0.717, 1.165) is 5.56 Å². The first kappa shape index (κ1) is 14.5. The second-order valence-electron chi connectivity index (χ2n) is 4.61. The molecule has 4 heteroatoms. The Kier molecular flexibility index (Phi) is 5.07. The van der Waals surface area contributed by atoms with Gasteiger partial charge in [-0.3, -0.25) is 4.79 Å². The van der Waals surface area contributed by atoms with E-state index < -0.39 is 0 Å². The van der Waals surface area contributed by atoms with Gasteiger partial charge in [0, 0.05) is 11.4 Å². The molecule has 2 N–H and O–H groups in total. The molecule has 2 aromatic rings. The number of hydrogen-bond donors (Lipinski definition) is 3. The summed E-state index contributed by atoms with van der Waals surface area (Å²) in [6.45, 7) is 0. The first-order valence-electron chi connectivity index (χ1n) is 6.43. The first-order valence-corrected chi connectivity index (χ1v) is 7.07. The molecule has 3 nitrogen and oxygen atoms in total. The van der Waals surface area contributed by atoms with Crippen molar-refractivity contribution in [2.24, 2.45) is 5.92 Å². The van der Waals surface area contributed by atoms with Crippen LogP contribution in [0.2, 0.25) is 0 Å². The highest BCUT2D eigenvalue weighted by molar-refractivity contribution is 7.80. The van der Waals surface area contributed by atoms with Crippen LogP contribution in [0.15, 0.2) is 54.6 Å². The van der Waals surface area contributed by atoms with Crippen LogP contribution >= 0.6 is 12.6 Å². The van der Waals surface area contributed by atoms with Gasteiger partial charge in [-0.25, -0.2) is 0 Å². The molecule has 1 amide bonds. The number of benzene rings is 2. The third kappa shape index (κ3) is 4.03. The van der Waals surface area contributed by atoms with Crippen molar-refractivity contribution in [2.45, 2.75) is 6.42 Å². The molecule has 2 aromatic carbocycles. The number of carbonyl (C=O) groups excluding carboxylic acids is 1. The van der Waals surface area contributed by atoms with Crippen LogP contribution in [0.5, 0.6) is 5.75 Å². The zero-order valence-corrected chi connectivity index (χ0v) is 11.9. The quantitative estimate of drug-likeness (QED) is 0.584. The average molecular weight is 287 g/mol. The van der Waals surface area contributed by atoms with E-state index in [0.29, 0.717) is 17.9 Å². The lowest BCUT2D eigenvalue weighted by atomic mass is 10.00. The highest BCUT2D eigenvalue weighted by Crippen LogP contribution is 2.17. The van der Waals surface area contributed by atoms with Crippen molar-refractivity contribution in [3.05, 3.63) is 60.2 Å². The van der Waals surface area contributed by atoms with Crippen molar-refractivity contribution in [3.8, 4) is 5.75 Å². The number of phenols is 1. The van der Waals surface area contributed by atoms with Crippen molar-refractivity contribution in [1.29, 1.82) is 0 Å². The summed E-state index contributed by atoms with van der Waals surface area (Å²) in [5.74, 6) is 0.417. The van der Waals surface area contributed by atoms with Gasteiger partial charge in [-0.1, -0.05) is 30.3 Å². The van der Waals surface area contributed by atoms with Crippen LogP contribution in [0.1, 0.15) is 5.56 Å². The topological polar surface area (TPSA) is 49.3 Å². The van der Waals surface area contributed by atoms with E-state index in [2.05, 4.69) is 17.9 Å². The second-order valence-corrected chi connectivity index (χ2v) is 4.97. The average Bonchev–Trinajstić information content (AvgIpc) is 2.48. The van der Waals surface area contributed by atoms with E-state index in [4.69, 9.17) is 0 Å². The van der Waals surface area contributed by atoms with E-state index >= 15 is 0 Å². The molecular formula is C16H17NO2S. The fourth-order valence-electron chi connectivity index (χ4n) is 1.93. The Morgan fingerprint density at radius 2 is 1.75 bits per heavy atom. The van der Waals surface area contributed by atoms with Gasteiger partial charge in [-0.15, -0.1) is 0 Å². The van der Waals surface area contributed by atoms with Crippen LogP contribution < -0.4 is 5.32 Å². The number of amides is 1. The molecule has 0 heterocycles. The molecule has 0 aliphatic rings. The monoisotopic (exact) mass is 287 g/mol. The molecule has 0 aromatic heterocycles. The normalized spacial score (nSPS) is 11.8. The van der Waals surface area contributed by atoms with Crippen LogP contribution in [0.3, 0.4) is 0 Å². The maximum absolute atomic E-state index is 12.2. The lowest BCUT2D eigenvalue weighted by Crippen LogP contribution is -2.26. The Labute approximate surface area is 124 Å². The molecule has 20 heavy (non-hydrogen) atoms. The van der Waals surface area contributed by atoms with Crippen molar-refractivity contribution >= 4 is 24.2 Å². The van der Waals surface area contributed by atoms with Gasteiger partial charge in [0.05, 0.1) is 5.92 Å². The molecule has 104 valence electrons. The lowest BCUT2D eigenvalue weighted by Gasteiger charge is -2.14. The molecule has 0 radical (unpaired) electrons. The summed E-state index contributed by atoms with van der Waals surface area (Å²) in [6, 6.07) is 16.3. The maximum atomic E-state index is 12.2. The molecule has 0 bridgehead atoms. The zero-order valence-electron chi connectivity index (χ0n) is 11.0. The Morgan fingerprint density at radius 3 is 2.35 bits per heavy atom. The summed E-state index contributed by atoms with van der Waals surface area (Å²) in [4.78, 5) is 12.2. The van der Waals surface area contributed by atoms with E-state index in [1.807, 2.05) is 30.3 Å². The third-order valence-electron chi connectivity index (χ3n) is 3.05. The van der Waals surface area contributed by atoms with Gasteiger partial charge in [0.2, 0.25) is 5.91 Å². The van der Waals surface area contributed by atoms with Gasteiger partial charge < -0.3 is 10.4 Å². The summed E-state index contributed by atoms with van der Waals surface area (Å²) < 4.78 is 0. The summed E-state index contributed by atoms with van der Waals surface area (Å²) in [5, 5.41) is 12.1. The number of anilines is 1. The van der Waals surface area contributed by atoms with Crippen LogP contribution in [0.25, 0.3) is 0 Å². The highest BCUT2D eigenvalue weighted by Gasteiger charge is 2.17. The lowest BCUT2D eigenvalue weighted by molar-refractivity contribution is -0.119. The molecule has 1 atom stereocenters. The molecule has 0 fully saturated rings. The predicted molar refractivity (Wildman–Crippen MR) is 84.2 cm³/mol. The van der Waals surface area contributed by atoms with Gasteiger partial charge in [-0.05, 0) is 36.2 Å². The number of hydrogen-bond acceptors (Lipinski definition) is 3. The number of phenolic OH excluding ortho intramolecular Hbond substituents is 1. The van der Waals surface area contributed by atoms with Gasteiger partial charge >= 0.3 is 0 Å². The largest absolute Gasteiger partial charge is 0.508 e. The molecule has 1 unspecified atom stereocenters. The molecular weight excluding hydrogens is 270 g/mol.